The van der Waals surface area contributed by atoms with Crippen LogP contribution in [0.2, 0.25) is 0 Å². The number of Topliss-reactive ketones (excluding diaryl/α,β-unsaturated/α-hetero) is 1. The molecule has 0 radical (unpaired) electrons. The summed E-state index contributed by atoms with van der Waals surface area (Å²) in [5.41, 5.74) is 3.04. The molecule has 2 N–H and O–H groups in total. The lowest BCUT2D eigenvalue weighted by Crippen LogP contribution is -2.19. The van der Waals surface area contributed by atoms with Gasteiger partial charge in [-0.2, -0.15) is 0 Å². The number of benzene rings is 2. The Bertz CT molecular complexity index is 1890. The number of aliphatic hydroxyl groups is 1. The topological polar surface area (TPSA) is 105 Å². The van der Waals surface area contributed by atoms with Crippen molar-refractivity contribution >= 4 is 22.7 Å². The molecular weight excluding hydrogens is 889 g/mol. The first kappa shape index (κ1) is 90.4. The normalized spacial score (nSPS) is 10.9. The maximum atomic E-state index is 12.1. The summed E-state index contributed by atoms with van der Waals surface area (Å²) in [6, 6.07) is 19.4. The quantitative estimate of drug-likeness (QED) is 0.110. The van der Waals surface area contributed by atoms with Crippen LogP contribution in [0.4, 0.5) is 0 Å². The number of carbonyl (C=O) groups is 2. The van der Waals surface area contributed by atoms with E-state index in [2.05, 4.69) is 153 Å². The highest BCUT2D eigenvalue weighted by Crippen LogP contribution is 2.24. The van der Waals surface area contributed by atoms with Crippen LogP contribution in [0.25, 0.3) is 11.0 Å². The third kappa shape index (κ3) is 69.9. The Morgan fingerprint density at radius 3 is 1.22 bits per heavy atom. The van der Waals surface area contributed by atoms with Gasteiger partial charge < -0.3 is 14.6 Å². The molecule has 422 valence electrons. The SMILES string of the molecule is C.C.C.C.C.C.C#CCC(C)(C)C.C#CCC(C)(C)C.C=CCC(C)(C)C.CC(C)(C)CC(=O)O.CC(C)(C)CC(=O)c1cc2ccccc2oc1=O.CC(C)(C)Cc1ccccc1.CC(O)CC(C)(C)C. The molecule has 2 aromatic carbocycles. The van der Waals surface area contributed by atoms with E-state index >= 15 is 0 Å². The predicted molar refractivity (Wildman–Crippen MR) is 328 cm³/mol. The van der Waals surface area contributed by atoms with Gasteiger partial charge in [-0.3, -0.25) is 9.59 Å². The summed E-state index contributed by atoms with van der Waals surface area (Å²) in [5, 5.41) is 17.9. The maximum absolute atomic E-state index is 12.1. The number of para-hydroxylation sites is 1. The van der Waals surface area contributed by atoms with Crippen molar-refractivity contribution in [2.24, 2.45) is 37.9 Å². The summed E-state index contributed by atoms with van der Waals surface area (Å²) in [5.74, 6) is 4.33. The van der Waals surface area contributed by atoms with Crippen molar-refractivity contribution < 1.29 is 24.2 Å². The lowest BCUT2D eigenvalue weighted by molar-refractivity contribution is -0.139. The lowest BCUT2D eigenvalue weighted by atomic mass is 9.88. The standard InChI is InChI=1S/C15H16O3.C11H16.C7H16O.C7H14.2C7H12.C6H12O2.6CH4/c1-15(2,3)9-12(16)11-8-10-6-4-5-7-13(10)18-14(11)17;1-11(2,3)9-10-7-5-4-6-8-10;1-6(8)5-7(2,3)4;3*1-5-6-7(2,3)4;1-6(2,3)4-5(7)8;;;;;;/h4-8H,9H2,1-3H3;4-8H,9H2,1-3H3;6,8H,5H2,1-4H3;5H,1,6H2,2-4H3;2*1H,6H2,2-4H3;4H2,1-3H3,(H,7,8);6*1H4. The average molecular weight is 1010 g/mol. The zero-order valence-corrected chi connectivity index (χ0v) is 46.3. The van der Waals surface area contributed by atoms with Gasteiger partial charge in [0.15, 0.2) is 5.78 Å². The molecule has 0 fully saturated rings. The van der Waals surface area contributed by atoms with E-state index in [1.807, 2.05) is 66.7 Å². The number of ketones is 1. The first-order valence-corrected chi connectivity index (χ1v) is 23.4. The second kappa shape index (κ2) is 42.0. The zero-order valence-electron chi connectivity index (χ0n) is 46.3. The first-order valence-electron chi connectivity index (χ1n) is 23.4. The Morgan fingerprint density at radius 1 is 0.597 bits per heavy atom. The van der Waals surface area contributed by atoms with Crippen molar-refractivity contribution in [2.45, 2.75) is 248 Å². The highest BCUT2D eigenvalue weighted by molar-refractivity contribution is 5.98. The van der Waals surface area contributed by atoms with E-state index in [1.165, 1.54) is 5.56 Å². The van der Waals surface area contributed by atoms with Crippen molar-refractivity contribution in [2.75, 3.05) is 0 Å². The summed E-state index contributed by atoms with van der Waals surface area (Å²) in [6.45, 7) is 49.6. The van der Waals surface area contributed by atoms with Gasteiger partial charge in [0.25, 0.3) is 0 Å². The third-order valence-electron chi connectivity index (χ3n) is 7.82. The van der Waals surface area contributed by atoms with Crippen LogP contribution in [0.5, 0.6) is 0 Å². The van der Waals surface area contributed by atoms with Crippen LogP contribution in [0.3, 0.4) is 0 Å². The molecule has 3 aromatic rings. The lowest BCUT2D eigenvalue weighted by Gasteiger charge is -2.19. The van der Waals surface area contributed by atoms with E-state index in [1.54, 1.807) is 18.2 Å². The predicted octanol–water partition coefficient (Wildman–Crippen LogP) is 20.5. The Kier molecular flexibility index (Phi) is 52.7. The van der Waals surface area contributed by atoms with Crippen LogP contribution in [-0.2, 0) is 11.2 Å². The van der Waals surface area contributed by atoms with Gasteiger partial charge in [0.1, 0.15) is 11.1 Å². The second-order valence-corrected chi connectivity index (χ2v) is 25.6. The molecule has 6 nitrogen and oxygen atoms in total. The number of carboxylic acids is 1. The van der Waals surface area contributed by atoms with Gasteiger partial charge >= 0.3 is 11.6 Å². The van der Waals surface area contributed by atoms with E-state index in [0.717, 1.165) is 37.5 Å². The molecule has 0 bridgehead atoms. The number of carbonyl (C=O) groups excluding carboxylic acids is 1. The van der Waals surface area contributed by atoms with Crippen LogP contribution < -0.4 is 5.63 Å². The monoisotopic (exact) mass is 1010 g/mol. The third-order valence-corrected chi connectivity index (χ3v) is 7.82. The minimum atomic E-state index is -0.725. The molecule has 0 aliphatic rings. The number of aliphatic hydroxyl groups excluding tert-OH is 1. The Labute approximate surface area is 450 Å². The van der Waals surface area contributed by atoms with Crippen molar-refractivity contribution in [3.8, 4) is 24.7 Å². The number of allylic oxidation sites excluding steroid dienone is 1. The minimum Gasteiger partial charge on any atom is -0.481 e. The largest absolute Gasteiger partial charge is 0.481 e. The number of fused-ring (bicyclic) bond motifs is 1. The van der Waals surface area contributed by atoms with Crippen LogP contribution in [-0.4, -0.2) is 28.1 Å². The van der Waals surface area contributed by atoms with Gasteiger partial charge in [0.05, 0.1) is 12.5 Å². The fourth-order valence-corrected chi connectivity index (χ4v) is 5.43. The molecule has 3 rings (SSSR count). The molecule has 1 aromatic heterocycles. The van der Waals surface area contributed by atoms with E-state index < -0.39 is 11.6 Å². The highest BCUT2D eigenvalue weighted by Gasteiger charge is 2.21. The second-order valence-electron chi connectivity index (χ2n) is 25.6. The molecule has 72 heavy (non-hydrogen) atoms. The molecule has 6 heteroatoms. The summed E-state index contributed by atoms with van der Waals surface area (Å²) in [6.07, 6.45) is 17.4. The van der Waals surface area contributed by atoms with E-state index in [0.29, 0.717) is 33.7 Å². The van der Waals surface area contributed by atoms with E-state index in [4.69, 9.17) is 27.5 Å². The first-order chi connectivity index (χ1) is 29.5. The Morgan fingerprint density at radius 2 is 0.986 bits per heavy atom. The van der Waals surface area contributed by atoms with Gasteiger partial charge in [-0.05, 0) is 81.8 Å². The Balaban J connectivity index is -0.0000000797. The number of aliphatic carboxylic acids is 1. The molecule has 0 aliphatic carbocycles. The molecule has 0 aliphatic heterocycles. The van der Waals surface area contributed by atoms with Gasteiger partial charge in [-0.15, -0.1) is 31.3 Å². The fourth-order valence-electron chi connectivity index (χ4n) is 5.43. The van der Waals surface area contributed by atoms with E-state index in [9.17, 15) is 14.4 Å². The number of terminal acetylenes is 2. The van der Waals surface area contributed by atoms with Crippen LogP contribution in [0.1, 0.15) is 251 Å². The highest BCUT2D eigenvalue weighted by atomic mass is 16.4. The number of hydrogen-bond donors (Lipinski definition) is 2. The van der Waals surface area contributed by atoms with E-state index in [-0.39, 0.29) is 84.7 Å². The number of carboxylic acid groups (broad SMARTS) is 1. The van der Waals surface area contributed by atoms with Crippen LogP contribution in [0, 0.1) is 62.6 Å². The molecular formula is C66H122O6. The smallest absolute Gasteiger partial charge is 0.347 e. The molecule has 0 saturated heterocycles. The van der Waals surface area contributed by atoms with Crippen molar-refractivity contribution in [1.82, 2.24) is 0 Å². The van der Waals surface area contributed by atoms with Gasteiger partial charge in [-0.1, -0.05) is 245 Å². The molecule has 0 amide bonds. The molecule has 1 unspecified atom stereocenters. The number of rotatable bonds is 6. The van der Waals surface area contributed by atoms with Gasteiger partial charge in [0, 0.05) is 24.6 Å². The summed E-state index contributed by atoms with van der Waals surface area (Å²) < 4.78 is 5.15. The van der Waals surface area contributed by atoms with Crippen molar-refractivity contribution in [1.29, 1.82) is 0 Å². The summed E-state index contributed by atoms with van der Waals surface area (Å²) in [7, 11) is 0. The maximum Gasteiger partial charge on any atom is 0.347 e. The minimum absolute atomic E-state index is 0. The molecule has 1 heterocycles. The zero-order chi connectivity index (χ0) is 53.0. The Hall–Kier alpha value is -4.39. The van der Waals surface area contributed by atoms with Gasteiger partial charge in [0.2, 0.25) is 0 Å². The van der Waals surface area contributed by atoms with Crippen LogP contribution >= 0.6 is 0 Å². The summed E-state index contributed by atoms with van der Waals surface area (Å²) in [4.78, 5) is 33.9. The number of hydrogen-bond acceptors (Lipinski definition) is 5. The fraction of sp³-hybridized carbons (Fsp3) is 0.652. The molecule has 0 spiro atoms. The average Bonchev–Trinajstić information content (AvgIpc) is 3.05. The van der Waals surface area contributed by atoms with Crippen molar-refractivity contribution in [3.63, 3.8) is 0 Å². The van der Waals surface area contributed by atoms with Gasteiger partial charge in [-0.25, -0.2) is 4.79 Å². The van der Waals surface area contributed by atoms with Crippen LogP contribution in [0.15, 0.2) is 82.5 Å². The molecule has 0 saturated carbocycles. The van der Waals surface area contributed by atoms with Crippen molar-refractivity contribution in [3.05, 3.63) is 94.9 Å². The summed E-state index contributed by atoms with van der Waals surface area (Å²) >= 11 is 0. The molecule has 1 atom stereocenters.